The molecule has 1 saturated heterocycles. The van der Waals surface area contributed by atoms with Crippen molar-refractivity contribution in [3.63, 3.8) is 0 Å². The topological polar surface area (TPSA) is 88.9 Å². The largest absolute Gasteiger partial charge is 0.468 e. The van der Waals surface area contributed by atoms with Crippen molar-refractivity contribution in [1.82, 2.24) is 13.8 Å². The Morgan fingerprint density at radius 1 is 1.02 bits per heavy atom. The monoisotopic (exact) mass is 613 g/mol. The summed E-state index contributed by atoms with van der Waals surface area (Å²) in [5.41, 5.74) is 3.85. The van der Waals surface area contributed by atoms with Crippen molar-refractivity contribution in [1.29, 1.82) is 0 Å². The lowest BCUT2D eigenvalue weighted by Gasteiger charge is -2.46. The van der Waals surface area contributed by atoms with Crippen LogP contribution in [0.15, 0.2) is 66.4 Å². The second-order valence-electron chi connectivity index (χ2n) is 14.2. The van der Waals surface area contributed by atoms with Crippen LogP contribution in [0.4, 0.5) is 0 Å². The van der Waals surface area contributed by atoms with Gasteiger partial charge >= 0.3 is 5.97 Å². The minimum atomic E-state index is -3.84. The zero-order chi connectivity index (χ0) is 30.8. The maximum absolute atomic E-state index is 14.9. The summed E-state index contributed by atoms with van der Waals surface area (Å²) >= 11 is 0. The number of para-hydroxylation sites is 1. The van der Waals surface area contributed by atoms with E-state index in [-0.39, 0.29) is 23.3 Å². The number of fused-ring (bicyclic) bond motifs is 7. The van der Waals surface area contributed by atoms with Crippen molar-refractivity contribution in [3.8, 4) is 0 Å². The molecule has 0 radical (unpaired) electrons. The molecule has 0 unspecified atom stereocenters. The highest BCUT2D eigenvalue weighted by Crippen LogP contribution is 2.70. The van der Waals surface area contributed by atoms with E-state index in [1.165, 1.54) is 11.4 Å². The number of methoxy groups -OCH3 is 1. The number of hydrogen-bond donors (Lipinski definition) is 0. The first-order valence-corrected chi connectivity index (χ1v) is 17.3. The average molecular weight is 614 g/mol. The van der Waals surface area contributed by atoms with E-state index in [1.807, 2.05) is 43.6 Å². The van der Waals surface area contributed by atoms with Gasteiger partial charge in [0.15, 0.2) is 0 Å². The third-order valence-electron chi connectivity index (χ3n) is 12.3. The van der Waals surface area contributed by atoms with Gasteiger partial charge in [0.2, 0.25) is 10.0 Å². The Morgan fingerprint density at radius 3 is 2.48 bits per heavy atom. The average Bonchev–Trinajstić information content (AvgIpc) is 3.61. The van der Waals surface area contributed by atoms with Gasteiger partial charge in [-0.05, 0) is 48.6 Å². The molecule has 0 N–H and O–H groups in total. The van der Waals surface area contributed by atoms with E-state index in [0.717, 1.165) is 40.6 Å². The number of rotatable bonds is 4. The molecule has 6 atom stereocenters. The fraction of sp³-hybridized carbons (Fsp3) is 0.486. The molecule has 2 saturated carbocycles. The Morgan fingerprint density at radius 2 is 1.75 bits per heavy atom. The molecule has 2 aromatic carbocycles. The first-order valence-electron chi connectivity index (χ1n) is 15.7. The van der Waals surface area contributed by atoms with Crippen molar-refractivity contribution in [2.24, 2.45) is 29.7 Å². The number of aromatic nitrogens is 1. The van der Waals surface area contributed by atoms with Gasteiger partial charge in [-0.3, -0.25) is 9.59 Å². The van der Waals surface area contributed by atoms with E-state index in [9.17, 15) is 18.0 Å². The van der Waals surface area contributed by atoms with Crippen LogP contribution in [0.2, 0.25) is 0 Å². The lowest BCUT2D eigenvalue weighted by Crippen LogP contribution is -2.48. The normalized spacial score (nSPS) is 32.4. The van der Waals surface area contributed by atoms with Crippen LogP contribution in [0.25, 0.3) is 10.9 Å². The summed E-state index contributed by atoms with van der Waals surface area (Å²) in [6.45, 7) is 4.93. The Kier molecular flexibility index (Phi) is 5.85. The molecule has 44 heavy (non-hydrogen) atoms. The summed E-state index contributed by atoms with van der Waals surface area (Å²) in [6.07, 6.45) is 4.94. The summed E-state index contributed by atoms with van der Waals surface area (Å²) in [5.74, 6) is -1.70. The summed E-state index contributed by atoms with van der Waals surface area (Å²) in [6, 6.07) is 17.8. The van der Waals surface area contributed by atoms with E-state index >= 15 is 0 Å². The number of carbonyl (C=O) groups is 2. The van der Waals surface area contributed by atoms with Crippen LogP contribution in [0.1, 0.15) is 68.3 Å². The van der Waals surface area contributed by atoms with Crippen molar-refractivity contribution in [2.45, 2.75) is 64.1 Å². The van der Waals surface area contributed by atoms with Gasteiger partial charge in [-0.25, -0.2) is 12.7 Å². The van der Waals surface area contributed by atoms with Crippen LogP contribution in [-0.4, -0.2) is 53.0 Å². The van der Waals surface area contributed by atoms with Crippen molar-refractivity contribution < 1.29 is 22.7 Å². The second-order valence-corrected chi connectivity index (χ2v) is 16.0. The number of amides is 1. The molecule has 3 aromatic rings. The quantitative estimate of drug-likeness (QED) is 0.373. The lowest BCUT2D eigenvalue weighted by atomic mass is 9.68. The maximum atomic E-state index is 14.9. The molecule has 1 amide bonds. The maximum Gasteiger partial charge on any atom is 0.315 e. The third kappa shape index (κ3) is 3.47. The van der Waals surface area contributed by atoms with Gasteiger partial charge in [-0.15, -0.1) is 0 Å². The van der Waals surface area contributed by atoms with Crippen molar-refractivity contribution in [3.05, 3.63) is 83.2 Å². The summed E-state index contributed by atoms with van der Waals surface area (Å²) in [5, 5.41) is 1.08. The summed E-state index contributed by atoms with van der Waals surface area (Å²) in [4.78, 5) is 30.8. The number of sulfonamides is 1. The highest BCUT2D eigenvalue weighted by Gasteiger charge is 2.72. The zero-order valence-corrected chi connectivity index (χ0v) is 26.5. The lowest BCUT2D eigenvalue weighted by molar-refractivity contribution is -0.144. The van der Waals surface area contributed by atoms with Gasteiger partial charge in [-0.1, -0.05) is 62.4 Å². The number of esters is 1. The molecule has 230 valence electrons. The number of benzene rings is 2. The molecule has 3 aliphatic carbocycles. The van der Waals surface area contributed by atoms with Gasteiger partial charge < -0.3 is 14.2 Å². The Labute approximate surface area is 258 Å². The van der Waals surface area contributed by atoms with Crippen LogP contribution in [0.5, 0.6) is 0 Å². The zero-order valence-electron chi connectivity index (χ0n) is 25.7. The molecule has 8 rings (SSSR count). The van der Waals surface area contributed by atoms with Gasteiger partial charge in [0.25, 0.3) is 5.91 Å². The first kappa shape index (κ1) is 27.9. The first-order chi connectivity index (χ1) is 21.0. The van der Waals surface area contributed by atoms with Gasteiger partial charge in [0, 0.05) is 58.9 Å². The number of carbonyl (C=O) groups excluding carboxylic acids is 2. The Hall–Kier alpha value is -3.59. The molecular formula is C35H39N3O5S. The van der Waals surface area contributed by atoms with Crippen molar-refractivity contribution in [2.75, 3.05) is 12.9 Å². The van der Waals surface area contributed by atoms with Gasteiger partial charge in [-0.2, -0.15) is 0 Å². The molecule has 1 spiro atoms. The van der Waals surface area contributed by atoms with E-state index in [1.54, 1.807) is 0 Å². The molecule has 8 nitrogen and oxygen atoms in total. The second kappa shape index (κ2) is 9.22. The highest BCUT2D eigenvalue weighted by atomic mass is 32.2. The smallest absolute Gasteiger partial charge is 0.315 e. The predicted octanol–water partition coefficient (Wildman–Crippen LogP) is 5.26. The summed E-state index contributed by atoms with van der Waals surface area (Å²) in [7, 11) is -0.486. The van der Waals surface area contributed by atoms with Crippen molar-refractivity contribution >= 4 is 32.8 Å². The molecule has 3 heterocycles. The molecular weight excluding hydrogens is 574 g/mol. The van der Waals surface area contributed by atoms with Crippen LogP contribution in [0, 0.1) is 22.7 Å². The van der Waals surface area contributed by atoms with Gasteiger partial charge in [0.1, 0.15) is 5.92 Å². The van der Waals surface area contributed by atoms with Crippen LogP contribution < -0.4 is 0 Å². The van der Waals surface area contributed by atoms with E-state index in [0.29, 0.717) is 30.9 Å². The SMILES string of the molecule is COC(=O)[C@@H]1c2c(c3ccccc3n2C)[C@H]2C[C@@H]1C(C(=O)N1[C@@H]3C[C@H]4CC[C@]3(CS1(=O)=O)C4(C)C)=CN2Cc1ccccc1. The van der Waals surface area contributed by atoms with Crippen LogP contribution >= 0.6 is 0 Å². The highest BCUT2D eigenvalue weighted by molar-refractivity contribution is 7.90. The number of hydrogen-bond acceptors (Lipinski definition) is 6. The third-order valence-corrected chi connectivity index (χ3v) is 14.2. The Balaban J connectivity index is 1.30. The Bertz CT molecular complexity index is 1860. The molecule has 3 fully saturated rings. The number of ether oxygens (including phenoxy) is 1. The molecule has 2 aliphatic heterocycles. The van der Waals surface area contributed by atoms with Crippen LogP contribution in [-0.2, 0) is 37.9 Å². The van der Waals surface area contributed by atoms with E-state index in [2.05, 4.69) is 47.6 Å². The standard InChI is InChI=1S/C35H39N3O5S/c1-34(2)22-14-15-35(34)20-44(41,42)38(28(35)16-22)32(39)25-19-37(18-21-10-6-5-7-11-21)27-17-24(25)30(33(40)43-4)31-29(27)23-12-8-9-13-26(23)36(31)3/h5-13,19,22,24,27-28,30H,14-18,20H2,1-4H3/t22-,24-,27-,28-,30+,35-/m1/s1. The molecule has 5 aliphatic rings. The number of aryl methyl sites for hydroxylation is 1. The van der Waals surface area contributed by atoms with E-state index in [4.69, 9.17) is 4.74 Å². The van der Waals surface area contributed by atoms with E-state index < -0.39 is 39.2 Å². The predicted molar refractivity (Wildman–Crippen MR) is 167 cm³/mol. The van der Waals surface area contributed by atoms with Crippen LogP contribution in [0.3, 0.4) is 0 Å². The number of nitrogens with zero attached hydrogens (tertiary/aromatic N) is 3. The minimum Gasteiger partial charge on any atom is -0.468 e. The fourth-order valence-corrected chi connectivity index (χ4v) is 12.6. The van der Waals surface area contributed by atoms with Gasteiger partial charge in [0.05, 0.1) is 24.9 Å². The summed E-state index contributed by atoms with van der Waals surface area (Å²) < 4.78 is 36.7. The minimum absolute atomic E-state index is 0.0159. The fourth-order valence-electron chi connectivity index (χ4n) is 10.1. The molecule has 9 heteroatoms. The molecule has 4 bridgehead atoms. The molecule has 1 aromatic heterocycles.